The number of ether oxygens (including phenoxy) is 2. The van der Waals surface area contributed by atoms with Crippen molar-refractivity contribution in [1.29, 1.82) is 5.26 Å². The fourth-order valence-electron chi connectivity index (χ4n) is 5.17. The van der Waals surface area contributed by atoms with Gasteiger partial charge in [0.2, 0.25) is 0 Å². The Morgan fingerprint density at radius 2 is 2.02 bits per heavy atom. The Morgan fingerprint density at radius 1 is 1.24 bits per heavy atom. The van der Waals surface area contributed by atoms with Gasteiger partial charge < -0.3 is 29.4 Å². The second-order valence-electron chi connectivity index (χ2n) is 9.69. The van der Waals surface area contributed by atoms with Crippen molar-refractivity contribution in [3.05, 3.63) is 75.0 Å². The molecule has 2 aromatic heterocycles. The number of carboxylic acid groups (broad SMARTS) is 1. The second kappa shape index (κ2) is 11.8. The van der Waals surface area contributed by atoms with E-state index < -0.39 is 11.7 Å². The monoisotopic (exact) mass is 576 g/mol. The molecule has 1 saturated heterocycles. The van der Waals surface area contributed by atoms with Gasteiger partial charge in [0.25, 0.3) is 5.56 Å². The molecule has 0 spiro atoms. The van der Waals surface area contributed by atoms with E-state index in [2.05, 4.69) is 16.4 Å². The van der Waals surface area contributed by atoms with Crippen LogP contribution in [-0.4, -0.2) is 51.1 Å². The number of aromatic nitrogens is 3. The number of rotatable bonds is 8. The predicted octanol–water partition coefficient (Wildman–Crippen LogP) is 4.74. The van der Waals surface area contributed by atoms with E-state index in [1.54, 1.807) is 41.9 Å². The molecule has 2 aromatic carbocycles. The highest BCUT2D eigenvalue weighted by molar-refractivity contribution is 6.31. The van der Waals surface area contributed by atoms with E-state index in [0.717, 1.165) is 5.56 Å². The Balaban J connectivity index is 1.68. The first-order valence-corrected chi connectivity index (χ1v) is 13.6. The first-order valence-electron chi connectivity index (χ1n) is 13.2. The van der Waals surface area contributed by atoms with Crippen molar-refractivity contribution in [2.75, 3.05) is 24.6 Å². The summed E-state index contributed by atoms with van der Waals surface area (Å²) < 4.78 is 14.6. The highest BCUT2D eigenvalue weighted by Gasteiger charge is 2.31. The van der Waals surface area contributed by atoms with E-state index in [4.69, 9.17) is 21.1 Å². The molecule has 0 saturated carbocycles. The molecule has 41 heavy (non-hydrogen) atoms. The number of fused-ring (bicyclic) bond motifs is 1. The van der Waals surface area contributed by atoms with Crippen molar-refractivity contribution in [2.24, 2.45) is 7.05 Å². The van der Waals surface area contributed by atoms with Gasteiger partial charge in [-0.1, -0.05) is 35.9 Å². The molecule has 0 aliphatic carbocycles. The summed E-state index contributed by atoms with van der Waals surface area (Å²) in [6.45, 7) is 3.46. The van der Waals surface area contributed by atoms with Crippen LogP contribution in [-0.2, 0) is 13.6 Å². The molecule has 1 aliphatic rings. The van der Waals surface area contributed by atoms with Crippen LogP contribution in [0.2, 0.25) is 5.02 Å². The quantitative estimate of drug-likeness (QED) is 0.307. The number of nitrogens with one attached hydrogen (secondary N) is 1. The third-order valence-corrected chi connectivity index (χ3v) is 7.35. The molecule has 1 atom stereocenters. The molecule has 212 valence electrons. The number of carbonyl (C=O) groups is 1. The van der Waals surface area contributed by atoms with Crippen molar-refractivity contribution >= 4 is 34.5 Å². The number of nitrogens with zero attached hydrogens (tertiary/aromatic N) is 5. The van der Waals surface area contributed by atoms with Crippen LogP contribution in [0, 0.1) is 11.3 Å². The minimum atomic E-state index is -1.11. The molecule has 4 aromatic rings. The Labute approximate surface area is 241 Å². The number of hydrogen-bond acceptors (Lipinski definition) is 7. The predicted molar refractivity (Wildman–Crippen MR) is 154 cm³/mol. The summed E-state index contributed by atoms with van der Waals surface area (Å²) in [6, 6.07) is 16.2. The number of hydrogen-bond donors (Lipinski definition) is 2. The first-order chi connectivity index (χ1) is 19.8. The van der Waals surface area contributed by atoms with Gasteiger partial charge in [-0.15, -0.1) is 0 Å². The number of nitriles is 1. The van der Waals surface area contributed by atoms with Crippen LogP contribution in [0.15, 0.2) is 53.3 Å². The van der Waals surface area contributed by atoms with Gasteiger partial charge in [0.1, 0.15) is 40.0 Å². The zero-order valence-electron chi connectivity index (χ0n) is 22.6. The molecule has 0 radical (unpaired) electrons. The molecule has 1 fully saturated rings. The molecule has 12 heteroatoms. The Morgan fingerprint density at radius 3 is 2.76 bits per heavy atom. The van der Waals surface area contributed by atoms with Crippen molar-refractivity contribution in [2.45, 2.75) is 32.4 Å². The number of halogens is 1. The number of benzene rings is 2. The summed E-state index contributed by atoms with van der Waals surface area (Å²) in [6.07, 6.45) is 0.243. The molecule has 0 unspecified atom stereocenters. The van der Waals surface area contributed by atoms with Gasteiger partial charge in [0.15, 0.2) is 0 Å². The maximum atomic E-state index is 13.9. The van der Waals surface area contributed by atoms with Gasteiger partial charge in [-0.3, -0.25) is 9.36 Å². The molecule has 3 heterocycles. The van der Waals surface area contributed by atoms with Crippen LogP contribution in [0.3, 0.4) is 0 Å². The lowest BCUT2D eigenvalue weighted by Crippen LogP contribution is -2.48. The topological polar surface area (TPSA) is 135 Å². The summed E-state index contributed by atoms with van der Waals surface area (Å²) in [7, 11) is 1.56. The third-order valence-electron chi connectivity index (χ3n) is 6.98. The summed E-state index contributed by atoms with van der Waals surface area (Å²) >= 11 is 6.51. The minimum Gasteiger partial charge on any atom is -0.494 e. The van der Waals surface area contributed by atoms with Crippen LogP contribution >= 0.6 is 11.6 Å². The van der Waals surface area contributed by atoms with E-state index in [1.807, 2.05) is 30.0 Å². The van der Waals surface area contributed by atoms with E-state index in [-0.39, 0.29) is 35.2 Å². The maximum absolute atomic E-state index is 13.9. The summed E-state index contributed by atoms with van der Waals surface area (Å²) in [5.74, 6) is 1.52. The van der Waals surface area contributed by atoms with Gasteiger partial charge in [0.05, 0.1) is 13.2 Å². The van der Waals surface area contributed by atoms with Gasteiger partial charge in [-0.25, -0.2) is 4.79 Å². The van der Waals surface area contributed by atoms with Gasteiger partial charge in [0, 0.05) is 37.3 Å². The average molecular weight is 577 g/mol. The normalized spacial score (nSPS) is 15.0. The second-order valence-corrected chi connectivity index (χ2v) is 10.1. The average Bonchev–Trinajstić information content (AvgIpc) is 3.26. The van der Waals surface area contributed by atoms with E-state index in [9.17, 15) is 20.0 Å². The smallest absolute Gasteiger partial charge is 0.404 e. The molecule has 1 amide bonds. The van der Waals surface area contributed by atoms with E-state index in [1.165, 1.54) is 4.57 Å². The lowest BCUT2D eigenvalue weighted by molar-refractivity contribution is 0.188. The van der Waals surface area contributed by atoms with Crippen molar-refractivity contribution < 1.29 is 19.4 Å². The molecule has 2 N–H and O–H groups in total. The van der Waals surface area contributed by atoms with Crippen LogP contribution < -0.4 is 25.2 Å². The fourth-order valence-corrected chi connectivity index (χ4v) is 5.37. The molecule has 11 nitrogen and oxygen atoms in total. The van der Waals surface area contributed by atoms with Gasteiger partial charge >= 0.3 is 12.1 Å². The fraction of sp³-hybridized carbons (Fsp3) is 0.310. The minimum absolute atomic E-state index is 0.0122. The molecule has 0 bridgehead atoms. The summed E-state index contributed by atoms with van der Waals surface area (Å²) in [4.78, 5) is 31.9. The summed E-state index contributed by atoms with van der Waals surface area (Å²) in [5, 5.41) is 22.8. The van der Waals surface area contributed by atoms with Gasteiger partial charge in [-0.2, -0.15) is 10.2 Å². The molecular weight excluding hydrogens is 548 g/mol. The van der Waals surface area contributed by atoms with E-state index in [0.29, 0.717) is 54.9 Å². The highest BCUT2D eigenvalue weighted by Crippen LogP contribution is 2.35. The number of anilines is 1. The maximum Gasteiger partial charge on any atom is 0.404 e. The lowest BCUT2D eigenvalue weighted by atomic mass is 10.1. The van der Waals surface area contributed by atoms with Gasteiger partial charge in [-0.05, 0) is 43.5 Å². The largest absolute Gasteiger partial charge is 0.494 e. The van der Waals surface area contributed by atoms with Crippen LogP contribution in [0.5, 0.6) is 17.5 Å². The Hall–Kier alpha value is -4.69. The standard InChI is InChI=1S/C29H29ClN6O5/c1-3-40-20-10-6-11-21(14-20)41-28-33-24-22(15-31)26(35-13-7-9-19(17-35)32-29(38)39)36(25(24)27(37)34(28)2)16-18-8-4-5-12-23(18)30/h4-6,8,10-12,14,19,32H,3,7,9,13,16-17H2,1-2H3,(H,38,39)/t19-/m1/s1. The molecule has 5 rings (SSSR count). The third kappa shape index (κ3) is 5.64. The van der Waals surface area contributed by atoms with E-state index >= 15 is 0 Å². The van der Waals surface area contributed by atoms with Crippen LogP contribution in [0.25, 0.3) is 11.0 Å². The van der Waals surface area contributed by atoms with Crippen LogP contribution in [0.1, 0.15) is 30.9 Å². The van der Waals surface area contributed by atoms with Crippen molar-refractivity contribution in [3.63, 3.8) is 0 Å². The molecular formula is C29H29ClN6O5. The van der Waals surface area contributed by atoms with Crippen molar-refractivity contribution in [1.82, 2.24) is 19.4 Å². The SMILES string of the molecule is CCOc1cccc(Oc2nc3c(C#N)c(N4CCC[C@@H](NC(=O)O)C4)n(Cc4ccccc4Cl)c3c(=O)n2C)c1. The zero-order valence-corrected chi connectivity index (χ0v) is 23.4. The van der Waals surface area contributed by atoms with Crippen LogP contribution in [0.4, 0.5) is 10.6 Å². The number of piperidine rings is 1. The van der Waals surface area contributed by atoms with Crippen molar-refractivity contribution in [3.8, 4) is 23.6 Å². The highest BCUT2D eigenvalue weighted by atomic mass is 35.5. The lowest BCUT2D eigenvalue weighted by Gasteiger charge is -2.35. The Bertz CT molecular complexity index is 1710. The zero-order chi connectivity index (χ0) is 29.1. The summed E-state index contributed by atoms with van der Waals surface area (Å²) in [5.41, 5.74) is 0.973. The Kier molecular flexibility index (Phi) is 8.03. The molecule has 1 aliphatic heterocycles. The first kappa shape index (κ1) is 27.9. The number of amides is 1.